The number of para-hydroxylation sites is 2. The summed E-state index contributed by atoms with van der Waals surface area (Å²) in [6, 6.07) is 20.5. The molecule has 0 amide bonds. The smallest absolute Gasteiger partial charge is 0.453 e. The number of aldehydes is 1. The number of furan rings is 2. The third-order valence-corrected chi connectivity index (χ3v) is 6.08. The van der Waals surface area contributed by atoms with Crippen molar-refractivity contribution in [2.75, 3.05) is 7.15 Å². The molecule has 0 fully saturated rings. The van der Waals surface area contributed by atoms with Crippen molar-refractivity contribution < 1.29 is 48.5 Å². The zero-order valence-electron chi connectivity index (χ0n) is 22.1. The molecular formula is C31H31BrF3LiO3. The molecular weight excluding hydrogens is 564 g/mol. The third kappa shape index (κ3) is 7.36. The first kappa shape index (κ1) is 32.2. The van der Waals surface area contributed by atoms with Gasteiger partial charge in [0.1, 0.15) is 11.2 Å². The van der Waals surface area contributed by atoms with Gasteiger partial charge in [-0.1, -0.05) is 73.1 Å². The molecule has 0 radical (unpaired) electrons. The SMILES string of the molecule is C.Fc1ccc(Br)c2c1oc1ccccc12.O=Cc1ccc(F)c2oc3ccccc3c12.[2HH].[2H]CF.[CH2-]CCC.[Li+]. The van der Waals surface area contributed by atoms with Gasteiger partial charge in [-0.05, 0) is 36.4 Å². The summed E-state index contributed by atoms with van der Waals surface area (Å²) in [4.78, 5) is 10.9. The van der Waals surface area contributed by atoms with E-state index in [0.29, 0.717) is 34.0 Å². The molecule has 0 atom stereocenters. The molecule has 0 saturated carbocycles. The number of halogens is 4. The quantitative estimate of drug-likeness (QED) is 0.115. The fourth-order valence-electron chi connectivity index (χ4n) is 3.68. The molecule has 6 rings (SSSR count). The number of carbonyl (C=O) groups excluding carboxylic acids is 1. The van der Waals surface area contributed by atoms with Gasteiger partial charge in [0.15, 0.2) is 29.1 Å². The van der Waals surface area contributed by atoms with Gasteiger partial charge in [-0.2, -0.15) is 6.42 Å². The van der Waals surface area contributed by atoms with Crippen LogP contribution in [0.5, 0.6) is 0 Å². The minimum atomic E-state index is -1.00. The van der Waals surface area contributed by atoms with E-state index >= 15 is 0 Å². The van der Waals surface area contributed by atoms with Crippen LogP contribution in [0, 0.1) is 18.6 Å². The Morgan fingerprint density at radius 2 is 1.33 bits per heavy atom. The maximum Gasteiger partial charge on any atom is 1.00 e. The summed E-state index contributed by atoms with van der Waals surface area (Å²) in [6.07, 6.45) is 2.99. The van der Waals surface area contributed by atoms with Crippen LogP contribution in [0.1, 0.15) is 40.3 Å². The fourth-order valence-corrected chi connectivity index (χ4v) is 4.20. The Kier molecular flexibility index (Phi) is 13.4. The summed E-state index contributed by atoms with van der Waals surface area (Å²) < 4.78 is 54.2. The van der Waals surface area contributed by atoms with Crippen LogP contribution in [0.2, 0.25) is 0 Å². The molecule has 0 bridgehead atoms. The van der Waals surface area contributed by atoms with Crippen molar-refractivity contribution in [3.63, 3.8) is 0 Å². The van der Waals surface area contributed by atoms with Gasteiger partial charge in [0, 0.05) is 33.0 Å². The first-order valence-corrected chi connectivity index (χ1v) is 12.2. The summed E-state index contributed by atoms with van der Waals surface area (Å²) in [7, 11) is -1.00. The minimum absolute atomic E-state index is 0. The predicted octanol–water partition coefficient (Wildman–Crippen LogP) is 8.12. The number of alkyl halides is 1. The summed E-state index contributed by atoms with van der Waals surface area (Å²) in [5, 5.41) is 3.04. The van der Waals surface area contributed by atoms with Crippen LogP contribution in [0.15, 0.2) is 86.1 Å². The molecule has 0 saturated heterocycles. The number of carbonyl (C=O) groups is 1. The van der Waals surface area contributed by atoms with Gasteiger partial charge < -0.3 is 15.8 Å². The number of rotatable bonds is 2. The van der Waals surface area contributed by atoms with Crippen LogP contribution in [-0.2, 0) is 0 Å². The molecule has 39 heavy (non-hydrogen) atoms. The van der Waals surface area contributed by atoms with Crippen LogP contribution in [0.25, 0.3) is 43.9 Å². The minimum Gasteiger partial charge on any atom is -0.453 e. The van der Waals surface area contributed by atoms with E-state index in [1.165, 1.54) is 24.6 Å². The monoisotopic (exact) mass is 596 g/mol. The van der Waals surface area contributed by atoms with Crippen molar-refractivity contribution in [2.45, 2.75) is 27.2 Å². The molecule has 0 unspecified atom stereocenters. The zero-order chi connectivity index (χ0) is 27.7. The molecule has 2 heterocycles. The summed E-state index contributed by atoms with van der Waals surface area (Å²) in [6.45, 7) is 5.72. The van der Waals surface area contributed by atoms with E-state index in [0.717, 1.165) is 27.1 Å². The third-order valence-electron chi connectivity index (χ3n) is 5.42. The summed E-state index contributed by atoms with van der Waals surface area (Å²) in [5.74, 6) is -0.777. The normalized spacial score (nSPS) is 10.2. The van der Waals surface area contributed by atoms with Crippen LogP contribution >= 0.6 is 15.9 Å². The summed E-state index contributed by atoms with van der Waals surface area (Å²) in [5.41, 5.74) is 2.20. The second-order valence-electron chi connectivity index (χ2n) is 7.74. The first-order chi connectivity index (χ1) is 18.4. The van der Waals surface area contributed by atoms with Crippen molar-refractivity contribution in [3.8, 4) is 0 Å². The van der Waals surface area contributed by atoms with Crippen molar-refractivity contribution in [3.05, 3.63) is 101 Å². The number of fused-ring (bicyclic) bond motifs is 6. The zero-order valence-corrected chi connectivity index (χ0v) is 22.7. The van der Waals surface area contributed by atoms with Gasteiger partial charge >= 0.3 is 18.9 Å². The van der Waals surface area contributed by atoms with Gasteiger partial charge in [-0.3, -0.25) is 9.18 Å². The van der Waals surface area contributed by atoms with Crippen LogP contribution in [-0.4, -0.2) is 13.4 Å². The number of unbranched alkanes of at least 4 members (excludes halogenated alkanes) is 1. The fraction of sp³-hybridized carbons (Fsp3) is 0.161. The van der Waals surface area contributed by atoms with Crippen molar-refractivity contribution in [1.29, 1.82) is 0 Å². The molecule has 6 aromatic rings. The molecule has 0 aliphatic carbocycles. The number of hydrogen-bond donors (Lipinski definition) is 0. The predicted molar refractivity (Wildman–Crippen MR) is 157 cm³/mol. The molecule has 202 valence electrons. The molecule has 8 heteroatoms. The number of benzene rings is 4. The van der Waals surface area contributed by atoms with Gasteiger partial charge in [0.25, 0.3) is 0 Å². The topological polar surface area (TPSA) is 43.4 Å². The Hall–Kier alpha value is -2.98. The molecule has 2 aromatic heterocycles. The molecule has 0 aliphatic rings. The number of hydrogen-bond acceptors (Lipinski definition) is 3. The first-order valence-electron chi connectivity index (χ1n) is 12.1. The molecule has 0 aliphatic heterocycles. The maximum absolute atomic E-state index is 13.5. The molecule has 0 N–H and O–H groups in total. The van der Waals surface area contributed by atoms with Crippen LogP contribution in [0.3, 0.4) is 0 Å². The summed E-state index contributed by atoms with van der Waals surface area (Å²) >= 11 is 3.40. The van der Waals surface area contributed by atoms with E-state index in [1.807, 2.05) is 42.5 Å². The Bertz CT molecular complexity index is 1670. The average Bonchev–Trinajstić information content (AvgIpc) is 3.53. The van der Waals surface area contributed by atoms with E-state index in [9.17, 15) is 18.0 Å². The van der Waals surface area contributed by atoms with Crippen molar-refractivity contribution in [1.82, 2.24) is 0 Å². The van der Waals surface area contributed by atoms with Gasteiger partial charge in [-0.25, -0.2) is 8.78 Å². The Balaban J connectivity index is 0.000000603. The van der Waals surface area contributed by atoms with E-state index in [-0.39, 0.29) is 39.1 Å². The van der Waals surface area contributed by atoms with Gasteiger partial charge in [0.05, 0.1) is 8.52 Å². The van der Waals surface area contributed by atoms with Gasteiger partial charge in [0.2, 0.25) is 0 Å². The average molecular weight is 597 g/mol. The molecule has 3 nitrogen and oxygen atoms in total. The van der Waals surface area contributed by atoms with Crippen molar-refractivity contribution in [2.24, 2.45) is 0 Å². The van der Waals surface area contributed by atoms with E-state index in [1.54, 1.807) is 12.1 Å². The van der Waals surface area contributed by atoms with Gasteiger partial charge in [-0.15, -0.1) is 0 Å². The molecule has 4 aromatic carbocycles. The van der Waals surface area contributed by atoms with Crippen LogP contribution < -0.4 is 18.9 Å². The Labute approximate surface area is 249 Å². The van der Waals surface area contributed by atoms with Crippen molar-refractivity contribution >= 4 is 66.1 Å². The van der Waals surface area contributed by atoms with Crippen LogP contribution in [0.4, 0.5) is 13.2 Å². The standard InChI is InChI=1S/C13H7FO2.C12H6BrFO.C4H9.CH3F.CH4.Li.H2/c14-10-6-5-8(7-15)12-9-3-1-2-4-11(9)16-13(10)12;13-8-5-6-9(14)12-11(8)7-3-1-2-4-10(7)15-12;1-3-4-2;1-2;;;/h1-7H;1-6H;1,3-4H2,2H3;1H3;1H4;;1H/q;;-1;;;+1;/i;;;1D;;;1+1. The Morgan fingerprint density at radius 3 is 1.82 bits per heavy atom. The van der Waals surface area contributed by atoms with E-state index in [2.05, 4.69) is 29.8 Å². The largest absolute Gasteiger partial charge is 1.00 e. The second kappa shape index (κ2) is 16.2. The molecule has 0 spiro atoms. The maximum atomic E-state index is 13.5. The Morgan fingerprint density at radius 1 is 0.897 bits per heavy atom. The van der Waals surface area contributed by atoms with E-state index < -0.39 is 13.0 Å². The van der Waals surface area contributed by atoms with E-state index in [4.69, 9.17) is 10.2 Å². The second-order valence-corrected chi connectivity index (χ2v) is 8.60.